The number of aliphatic hydroxyl groups excluding tert-OH is 1. The van der Waals surface area contributed by atoms with Crippen LogP contribution in [0.4, 0.5) is 0 Å². The topological polar surface area (TPSA) is 117 Å². The molecule has 0 spiro atoms. The first-order valence-corrected chi connectivity index (χ1v) is 8.21. The molecular weight excluding hydrogens is 320 g/mol. The molecule has 8 heteroatoms. The Bertz CT molecular complexity index is 893. The summed E-state index contributed by atoms with van der Waals surface area (Å²) in [7, 11) is 0. The van der Waals surface area contributed by atoms with Gasteiger partial charge in [0.05, 0.1) is 30.2 Å². The van der Waals surface area contributed by atoms with Gasteiger partial charge in [-0.25, -0.2) is 14.6 Å². The summed E-state index contributed by atoms with van der Waals surface area (Å²) in [5.41, 5.74) is 1.88. The molecule has 2 aliphatic rings. The number of aromatic nitrogens is 4. The lowest BCUT2D eigenvalue weighted by molar-refractivity contribution is 0.0863. The number of nitrogens with zero attached hydrogens (tertiary/aromatic N) is 5. The average Bonchev–Trinajstić information content (AvgIpc) is 3.10. The van der Waals surface area contributed by atoms with Crippen LogP contribution in [0, 0.1) is 17.2 Å². The van der Waals surface area contributed by atoms with E-state index in [9.17, 15) is 9.90 Å². The molecule has 2 atom stereocenters. The number of nitriles is 1. The molecule has 1 fully saturated rings. The van der Waals surface area contributed by atoms with E-state index >= 15 is 0 Å². The van der Waals surface area contributed by atoms with Crippen LogP contribution in [0.1, 0.15) is 53.6 Å². The van der Waals surface area contributed by atoms with Crippen molar-refractivity contribution in [3.8, 4) is 11.9 Å². The van der Waals surface area contributed by atoms with Gasteiger partial charge in [-0.15, -0.1) is 0 Å². The summed E-state index contributed by atoms with van der Waals surface area (Å²) in [6.45, 7) is 3.35. The number of nitrogens with one attached hydrogen (secondary N) is 1. The highest BCUT2D eigenvalue weighted by molar-refractivity contribution is 5.95. The van der Waals surface area contributed by atoms with E-state index < -0.39 is 5.54 Å². The zero-order valence-electron chi connectivity index (χ0n) is 14.0. The van der Waals surface area contributed by atoms with E-state index in [-0.39, 0.29) is 18.2 Å². The Morgan fingerprint density at radius 2 is 2.28 bits per heavy atom. The second-order valence-electron chi connectivity index (χ2n) is 7.30. The van der Waals surface area contributed by atoms with Gasteiger partial charge in [0.1, 0.15) is 6.07 Å². The van der Waals surface area contributed by atoms with Crippen molar-refractivity contribution in [3.05, 3.63) is 35.0 Å². The van der Waals surface area contributed by atoms with E-state index in [1.165, 1.54) is 12.4 Å². The number of hydrogen-bond donors (Lipinski definition) is 2. The predicted molar refractivity (Wildman–Crippen MR) is 87.1 cm³/mol. The molecule has 0 radical (unpaired) electrons. The Labute approximate surface area is 144 Å². The molecule has 0 unspecified atom stereocenters. The lowest BCUT2D eigenvalue weighted by Gasteiger charge is -2.23. The molecule has 1 saturated carbocycles. The number of amides is 1. The molecule has 128 valence electrons. The third-order valence-electron chi connectivity index (χ3n) is 4.80. The van der Waals surface area contributed by atoms with Crippen LogP contribution in [0.2, 0.25) is 0 Å². The first kappa shape index (κ1) is 15.7. The van der Waals surface area contributed by atoms with Crippen molar-refractivity contribution in [1.82, 2.24) is 25.1 Å². The summed E-state index contributed by atoms with van der Waals surface area (Å²) < 4.78 is 1.68. The van der Waals surface area contributed by atoms with Crippen molar-refractivity contribution in [2.24, 2.45) is 5.92 Å². The molecule has 4 rings (SSSR count). The minimum Gasteiger partial charge on any atom is -0.394 e. The second-order valence-corrected chi connectivity index (χ2v) is 7.30. The highest BCUT2D eigenvalue weighted by atomic mass is 16.3. The standard InChI is InChI=1S/C17H18N6O2/c1-17(2,8-24)21-16(25)14-12-4-9-3-11(9)15(12)23(22-14)13-7-19-10(5-18)6-20-13/h6-7,9,11,24H,3-4,8H2,1-2H3,(H,21,25)/t9-,11-/m0/s1. The van der Waals surface area contributed by atoms with Gasteiger partial charge in [0.15, 0.2) is 17.2 Å². The number of aliphatic hydroxyl groups is 1. The molecule has 2 N–H and O–H groups in total. The zero-order chi connectivity index (χ0) is 17.8. The first-order valence-electron chi connectivity index (χ1n) is 8.21. The maximum Gasteiger partial charge on any atom is 0.272 e. The van der Waals surface area contributed by atoms with Crippen molar-refractivity contribution in [3.63, 3.8) is 0 Å². The van der Waals surface area contributed by atoms with Crippen LogP contribution < -0.4 is 5.32 Å². The summed E-state index contributed by atoms with van der Waals surface area (Å²) in [6.07, 6.45) is 4.84. The number of rotatable bonds is 4. The Morgan fingerprint density at radius 3 is 2.92 bits per heavy atom. The third kappa shape index (κ3) is 2.57. The number of hydrogen-bond acceptors (Lipinski definition) is 6. The number of carbonyl (C=O) groups is 1. The molecule has 25 heavy (non-hydrogen) atoms. The highest BCUT2D eigenvalue weighted by Gasteiger charge is 2.50. The summed E-state index contributed by atoms with van der Waals surface area (Å²) in [5, 5.41) is 25.6. The largest absolute Gasteiger partial charge is 0.394 e. The lowest BCUT2D eigenvalue weighted by atomic mass is 10.1. The van der Waals surface area contributed by atoms with E-state index in [0.717, 1.165) is 24.1 Å². The van der Waals surface area contributed by atoms with E-state index in [2.05, 4.69) is 20.4 Å². The van der Waals surface area contributed by atoms with Gasteiger partial charge in [-0.1, -0.05) is 0 Å². The van der Waals surface area contributed by atoms with Crippen molar-refractivity contribution in [1.29, 1.82) is 5.26 Å². The zero-order valence-corrected chi connectivity index (χ0v) is 14.0. The van der Waals surface area contributed by atoms with Crippen LogP contribution in [0.25, 0.3) is 5.82 Å². The molecule has 2 aromatic rings. The van der Waals surface area contributed by atoms with E-state index in [0.29, 0.717) is 23.3 Å². The maximum atomic E-state index is 12.7. The van der Waals surface area contributed by atoms with Crippen LogP contribution in [0.5, 0.6) is 0 Å². The molecule has 1 amide bonds. The Morgan fingerprint density at radius 1 is 1.48 bits per heavy atom. The fourth-order valence-electron chi connectivity index (χ4n) is 3.37. The molecule has 8 nitrogen and oxygen atoms in total. The molecule has 2 aromatic heterocycles. The summed E-state index contributed by atoms with van der Waals surface area (Å²) in [4.78, 5) is 21.0. The van der Waals surface area contributed by atoms with Gasteiger partial charge in [-0.05, 0) is 32.6 Å². The molecule has 0 bridgehead atoms. The number of fused-ring (bicyclic) bond motifs is 3. The van der Waals surface area contributed by atoms with Crippen LogP contribution >= 0.6 is 0 Å². The smallest absolute Gasteiger partial charge is 0.272 e. The Kier molecular flexibility index (Phi) is 3.37. The SMILES string of the molecule is CC(C)(CO)NC(=O)c1nn(-c2cnc(C#N)cn2)c2c1C[C@@H]1C[C@H]21. The molecular formula is C17H18N6O2. The highest BCUT2D eigenvalue weighted by Crippen LogP contribution is 2.57. The summed E-state index contributed by atoms with van der Waals surface area (Å²) >= 11 is 0. The van der Waals surface area contributed by atoms with Gasteiger partial charge in [-0.2, -0.15) is 10.4 Å². The van der Waals surface area contributed by atoms with Gasteiger partial charge in [-0.3, -0.25) is 4.79 Å². The second kappa shape index (κ2) is 5.36. The van der Waals surface area contributed by atoms with Gasteiger partial charge < -0.3 is 10.4 Å². The molecule has 2 aliphatic carbocycles. The fraction of sp³-hybridized carbons (Fsp3) is 0.471. The monoisotopic (exact) mass is 338 g/mol. The quantitative estimate of drug-likeness (QED) is 0.847. The summed E-state index contributed by atoms with van der Waals surface area (Å²) in [6, 6.07) is 1.94. The van der Waals surface area contributed by atoms with Crippen molar-refractivity contribution >= 4 is 5.91 Å². The molecule has 0 aromatic carbocycles. The van der Waals surface area contributed by atoms with Crippen molar-refractivity contribution in [2.45, 2.75) is 38.1 Å². The van der Waals surface area contributed by atoms with E-state index in [4.69, 9.17) is 5.26 Å². The van der Waals surface area contributed by atoms with Crippen molar-refractivity contribution in [2.75, 3.05) is 6.61 Å². The molecule has 0 aliphatic heterocycles. The van der Waals surface area contributed by atoms with Crippen LogP contribution in [0.3, 0.4) is 0 Å². The van der Waals surface area contributed by atoms with Crippen molar-refractivity contribution < 1.29 is 9.90 Å². The first-order chi connectivity index (χ1) is 11.9. The average molecular weight is 338 g/mol. The van der Waals surface area contributed by atoms with Crippen LogP contribution in [-0.4, -0.2) is 42.9 Å². The van der Waals surface area contributed by atoms with Gasteiger partial charge >= 0.3 is 0 Å². The van der Waals surface area contributed by atoms with E-state index in [1.807, 2.05) is 6.07 Å². The molecule has 0 saturated heterocycles. The normalized spacial score (nSPS) is 20.6. The predicted octanol–water partition coefficient (Wildman–Crippen LogP) is 0.694. The maximum absolute atomic E-state index is 12.7. The van der Waals surface area contributed by atoms with Gasteiger partial charge in [0.2, 0.25) is 0 Å². The Balaban J connectivity index is 1.74. The van der Waals surface area contributed by atoms with Crippen LogP contribution in [-0.2, 0) is 6.42 Å². The third-order valence-corrected chi connectivity index (χ3v) is 4.80. The van der Waals surface area contributed by atoms with E-state index in [1.54, 1.807) is 18.5 Å². The molecule has 2 heterocycles. The van der Waals surface area contributed by atoms with Gasteiger partial charge in [0, 0.05) is 11.5 Å². The van der Waals surface area contributed by atoms with Gasteiger partial charge in [0.25, 0.3) is 5.91 Å². The fourth-order valence-corrected chi connectivity index (χ4v) is 3.37. The summed E-state index contributed by atoms with van der Waals surface area (Å²) in [5.74, 6) is 1.19. The minimum absolute atomic E-state index is 0.159. The number of carbonyl (C=O) groups excluding carboxylic acids is 1. The minimum atomic E-state index is -0.719. The lowest BCUT2D eigenvalue weighted by Crippen LogP contribution is -2.46. The van der Waals surface area contributed by atoms with Crippen LogP contribution in [0.15, 0.2) is 12.4 Å². The Hall–Kier alpha value is -2.79.